The summed E-state index contributed by atoms with van der Waals surface area (Å²) in [7, 11) is 0. The van der Waals surface area contributed by atoms with Crippen LogP contribution in [0, 0.1) is 17.0 Å². The molecule has 0 aliphatic carbocycles. The van der Waals surface area contributed by atoms with Gasteiger partial charge in [-0.15, -0.1) is 0 Å². The number of fused-ring (bicyclic) bond motifs is 1. The Hall–Kier alpha value is -3.68. The molecular weight excluding hydrogens is 338 g/mol. The Balaban J connectivity index is 2.23. The SMILES string of the molecule is Cc1c(C(=O)O)nc2c([N+](=O)[O-])cc(N)cc2c1OCc1ccccc1. The molecule has 0 atom stereocenters. The van der Waals surface area contributed by atoms with Crippen LogP contribution in [-0.4, -0.2) is 21.0 Å². The summed E-state index contributed by atoms with van der Waals surface area (Å²) < 4.78 is 5.84. The van der Waals surface area contributed by atoms with Crippen LogP contribution < -0.4 is 10.5 Å². The summed E-state index contributed by atoms with van der Waals surface area (Å²) in [5, 5.41) is 21.1. The van der Waals surface area contributed by atoms with Gasteiger partial charge < -0.3 is 15.6 Å². The fourth-order valence-corrected chi connectivity index (χ4v) is 2.70. The summed E-state index contributed by atoms with van der Waals surface area (Å²) in [5.41, 5.74) is 6.35. The number of anilines is 1. The third kappa shape index (κ3) is 3.12. The maximum absolute atomic E-state index is 11.5. The lowest BCUT2D eigenvalue weighted by molar-refractivity contribution is -0.383. The Bertz CT molecular complexity index is 1020. The van der Waals surface area contributed by atoms with E-state index in [0.717, 1.165) is 11.6 Å². The number of carbonyl (C=O) groups is 1. The molecule has 0 bridgehead atoms. The zero-order valence-electron chi connectivity index (χ0n) is 13.8. The van der Waals surface area contributed by atoms with E-state index in [9.17, 15) is 20.0 Å². The van der Waals surface area contributed by atoms with Gasteiger partial charge in [0, 0.05) is 17.3 Å². The molecule has 8 nitrogen and oxygen atoms in total. The normalized spacial score (nSPS) is 10.7. The van der Waals surface area contributed by atoms with Crippen molar-refractivity contribution in [2.45, 2.75) is 13.5 Å². The predicted octanol–water partition coefficient (Wildman–Crippen LogP) is 3.31. The third-order valence-corrected chi connectivity index (χ3v) is 3.90. The smallest absolute Gasteiger partial charge is 0.354 e. The molecule has 3 rings (SSSR count). The molecular formula is C18H15N3O5. The van der Waals surface area contributed by atoms with E-state index in [1.54, 1.807) is 6.92 Å². The van der Waals surface area contributed by atoms with Gasteiger partial charge in [-0.3, -0.25) is 10.1 Å². The number of nitrogen functional groups attached to an aromatic ring is 1. The van der Waals surface area contributed by atoms with E-state index in [0.29, 0.717) is 5.39 Å². The average molecular weight is 353 g/mol. The van der Waals surface area contributed by atoms with E-state index in [4.69, 9.17) is 10.5 Å². The van der Waals surface area contributed by atoms with Crippen molar-refractivity contribution in [3.63, 3.8) is 0 Å². The first-order chi connectivity index (χ1) is 12.4. The number of hydrogen-bond acceptors (Lipinski definition) is 6. The molecule has 0 unspecified atom stereocenters. The van der Waals surface area contributed by atoms with E-state index in [1.807, 2.05) is 30.3 Å². The van der Waals surface area contributed by atoms with Crippen LogP contribution in [0.1, 0.15) is 21.6 Å². The van der Waals surface area contributed by atoms with Gasteiger partial charge in [-0.2, -0.15) is 0 Å². The lowest BCUT2D eigenvalue weighted by Gasteiger charge is -2.14. The number of nitrogens with zero attached hydrogens (tertiary/aromatic N) is 2. The number of nitro benzene ring substituents is 1. The molecule has 0 spiro atoms. The highest BCUT2D eigenvalue weighted by molar-refractivity contribution is 6.00. The molecule has 2 aromatic carbocycles. The maximum Gasteiger partial charge on any atom is 0.354 e. The predicted molar refractivity (Wildman–Crippen MR) is 95.3 cm³/mol. The number of pyridine rings is 1. The van der Waals surface area contributed by atoms with Crippen molar-refractivity contribution in [1.29, 1.82) is 0 Å². The molecule has 3 N–H and O–H groups in total. The first-order valence-corrected chi connectivity index (χ1v) is 7.66. The van der Waals surface area contributed by atoms with E-state index in [2.05, 4.69) is 4.98 Å². The van der Waals surface area contributed by atoms with Crippen LogP contribution in [-0.2, 0) is 6.61 Å². The standard InChI is InChI=1S/C18H15N3O5/c1-10-15(18(22)23)20-16-13(7-12(19)8-14(16)21(24)25)17(10)26-9-11-5-3-2-4-6-11/h2-8H,9,19H2,1H3,(H,22,23). The zero-order valence-corrected chi connectivity index (χ0v) is 13.8. The molecule has 0 amide bonds. The summed E-state index contributed by atoms with van der Waals surface area (Å²) >= 11 is 0. The van der Waals surface area contributed by atoms with Crippen LogP contribution in [0.4, 0.5) is 11.4 Å². The second kappa shape index (κ2) is 6.67. The van der Waals surface area contributed by atoms with Crippen molar-refractivity contribution in [3.8, 4) is 5.75 Å². The van der Waals surface area contributed by atoms with Crippen LogP contribution in [0.25, 0.3) is 10.9 Å². The minimum absolute atomic E-state index is 0.0738. The molecule has 8 heteroatoms. The second-order valence-electron chi connectivity index (χ2n) is 5.69. The largest absolute Gasteiger partial charge is 0.488 e. The van der Waals surface area contributed by atoms with Crippen LogP contribution in [0.5, 0.6) is 5.75 Å². The number of benzene rings is 2. The number of non-ortho nitro benzene ring substituents is 1. The number of aromatic carboxylic acids is 1. The molecule has 0 saturated carbocycles. The number of rotatable bonds is 5. The fraction of sp³-hybridized carbons (Fsp3) is 0.111. The first kappa shape index (κ1) is 17.2. The minimum atomic E-state index is -1.29. The lowest BCUT2D eigenvalue weighted by Crippen LogP contribution is -2.08. The van der Waals surface area contributed by atoms with Crippen molar-refractivity contribution in [2.75, 3.05) is 5.73 Å². The van der Waals surface area contributed by atoms with Crippen molar-refractivity contribution in [2.24, 2.45) is 0 Å². The molecule has 0 saturated heterocycles. The summed E-state index contributed by atoms with van der Waals surface area (Å²) in [4.78, 5) is 26.2. The second-order valence-corrected chi connectivity index (χ2v) is 5.69. The van der Waals surface area contributed by atoms with Gasteiger partial charge in [0.05, 0.1) is 10.3 Å². The highest BCUT2D eigenvalue weighted by Gasteiger charge is 2.24. The Morgan fingerprint density at radius 1 is 1.31 bits per heavy atom. The number of carboxylic acid groups (broad SMARTS) is 1. The monoisotopic (exact) mass is 353 g/mol. The fourth-order valence-electron chi connectivity index (χ4n) is 2.70. The number of aromatic nitrogens is 1. The first-order valence-electron chi connectivity index (χ1n) is 7.66. The van der Waals surface area contributed by atoms with Gasteiger partial charge in [0.15, 0.2) is 11.2 Å². The van der Waals surface area contributed by atoms with E-state index >= 15 is 0 Å². The van der Waals surface area contributed by atoms with E-state index < -0.39 is 10.9 Å². The molecule has 1 heterocycles. The Morgan fingerprint density at radius 3 is 2.62 bits per heavy atom. The van der Waals surface area contributed by atoms with Crippen LogP contribution >= 0.6 is 0 Å². The number of ether oxygens (including phenoxy) is 1. The van der Waals surface area contributed by atoms with Gasteiger partial charge in [0.2, 0.25) is 0 Å². The maximum atomic E-state index is 11.5. The van der Waals surface area contributed by atoms with E-state index in [1.165, 1.54) is 6.07 Å². The molecule has 26 heavy (non-hydrogen) atoms. The number of hydrogen-bond donors (Lipinski definition) is 2. The van der Waals surface area contributed by atoms with Crippen molar-refractivity contribution < 1.29 is 19.6 Å². The topological polar surface area (TPSA) is 129 Å². The molecule has 0 aliphatic rings. The number of nitro groups is 1. The molecule has 0 fully saturated rings. The van der Waals surface area contributed by atoms with E-state index in [-0.39, 0.29) is 40.5 Å². The molecule has 1 aromatic heterocycles. The summed E-state index contributed by atoms with van der Waals surface area (Å²) in [6, 6.07) is 11.9. The van der Waals surface area contributed by atoms with Crippen LogP contribution in [0.3, 0.4) is 0 Å². The summed E-state index contributed by atoms with van der Waals surface area (Å²) in [6.45, 7) is 1.72. The molecule has 3 aromatic rings. The van der Waals surface area contributed by atoms with Gasteiger partial charge in [-0.25, -0.2) is 9.78 Å². The Morgan fingerprint density at radius 2 is 2.00 bits per heavy atom. The summed E-state index contributed by atoms with van der Waals surface area (Å²) in [6.07, 6.45) is 0. The third-order valence-electron chi connectivity index (χ3n) is 3.90. The van der Waals surface area contributed by atoms with Crippen LogP contribution in [0.2, 0.25) is 0 Å². The molecule has 0 aliphatic heterocycles. The summed E-state index contributed by atoms with van der Waals surface area (Å²) in [5.74, 6) is -1.08. The number of nitrogens with two attached hydrogens (primary N) is 1. The highest BCUT2D eigenvalue weighted by Crippen LogP contribution is 2.37. The zero-order chi connectivity index (χ0) is 18.8. The van der Waals surface area contributed by atoms with Gasteiger partial charge in [-0.05, 0) is 18.6 Å². The van der Waals surface area contributed by atoms with Crippen molar-refractivity contribution in [1.82, 2.24) is 4.98 Å². The number of carboxylic acids is 1. The van der Waals surface area contributed by atoms with Gasteiger partial charge in [-0.1, -0.05) is 30.3 Å². The Kier molecular flexibility index (Phi) is 4.40. The van der Waals surface area contributed by atoms with Crippen molar-refractivity contribution >= 4 is 28.2 Å². The van der Waals surface area contributed by atoms with Gasteiger partial charge >= 0.3 is 5.97 Å². The van der Waals surface area contributed by atoms with Crippen molar-refractivity contribution in [3.05, 3.63) is 69.4 Å². The van der Waals surface area contributed by atoms with Gasteiger partial charge in [0.1, 0.15) is 12.4 Å². The quantitative estimate of drug-likeness (QED) is 0.409. The van der Waals surface area contributed by atoms with Gasteiger partial charge in [0.25, 0.3) is 5.69 Å². The molecule has 132 valence electrons. The molecule has 0 radical (unpaired) electrons. The average Bonchev–Trinajstić information content (AvgIpc) is 2.60. The van der Waals surface area contributed by atoms with Crippen LogP contribution in [0.15, 0.2) is 42.5 Å². The lowest BCUT2D eigenvalue weighted by atomic mass is 10.1. The minimum Gasteiger partial charge on any atom is -0.488 e. The highest BCUT2D eigenvalue weighted by atomic mass is 16.6. The Labute approximate surface area is 148 Å².